The third-order valence-electron chi connectivity index (χ3n) is 3.16. The molecule has 0 bridgehead atoms. The summed E-state index contributed by atoms with van der Waals surface area (Å²) < 4.78 is 1.88. The molecule has 1 aliphatic carbocycles. The molecular weight excluding hydrogens is 220 g/mol. The number of aryl methyl sites for hydroxylation is 3. The van der Waals surface area contributed by atoms with Crippen LogP contribution in [0.25, 0.3) is 0 Å². The van der Waals surface area contributed by atoms with Crippen molar-refractivity contribution in [1.82, 2.24) is 14.8 Å². The van der Waals surface area contributed by atoms with E-state index in [1.807, 2.05) is 11.7 Å². The topological polar surface area (TPSA) is 56.7 Å². The summed E-state index contributed by atoms with van der Waals surface area (Å²) in [6.07, 6.45) is 4.30. The molecule has 0 spiro atoms. The second kappa shape index (κ2) is 3.31. The van der Waals surface area contributed by atoms with E-state index < -0.39 is 0 Å². The van der Waals surface area contributed by atoms with E-state index in [1.165, 1.54) is 16.1 Å². The maximum atomic E-state index is 5.76. The Kier molecular flexibility index (Phi) is 2.04. The minimum atomic E-state index is 0.457. The molecule has 1 atom stereocenters. The Bertz CT molecular complexity index is 540. The summed E-state index contributed by atoms with van der Waals surface area (Å²) in [6.45, 7) is 2.07. The van der Waals surface area contributed by atoms with Crippen molar-refractivity contribution in [2.45, 2.75) is 25.7 Å². The summed E-state index contributed by atoms with van der Waals surface area (Å²) >= 11 is 1.63. The zero-order valence-corrected chi connectivity index (χ0v) is 10.2. The lowest BCUT2D eigenvalue weighted by Crippen LogP contribution is -1.94. The van der Waals surface area contributed by atoms with Crippen LogP contribution >= 0.6 is 11.3 Å². The van der Waals surface area contributed by atoms with E-state index in [0.29, 0.717) is 11.0 Å². The molecular formula is C11H14N4S. The Labute approximate surface area is 98.1 Å². The van der Waals surface area contributed by atoms with Gasteiger partial charge in [0.15, 0.2) is 5.13 Å². The molecule has 0 saturated heterocycles. The Morgan fingerprint density at radius 1 is 1.56 bits per heavy atom. The van der Waals surface area contributed by atoms with Gasteiger partial charge in [0.1, 0.15) is 0 Å². The van der Waals surface area contributed by atoms with Crippen LogP contribution in [0.1, 0.15) is 34.2 Å². The van der Waals surface area contributed by atoms with Crippen LogP contribution < -0.4 is 5.73 Å². The van der Waals surface area contributed by atoms with Crippen LogP contribution in [0.4, 0.5) is 5.13 Å². The SMILES string of the molecule is Cc1nn(C)cc1C1CCc2nc(N)sc21. The minimum absolute atomic E-state index is 0.457. The molecule has 0 fully saturated rings. The number of nitrogen functional groups attached to an aromatic ring is 1. The Hall–Kier alpha value is -1.36. The first kappa shape index (κ1) is 9.84. The van der Waals surface area contributed by atoms with Gasteiger partial charge in [0.05, 0.1) is 11.4 Å². The van der Waals surface area contributed by atoms with Crippen LogP contribution in [-0.2, 0) is 13.5 Å². The summed E-state index contributed by atoms with van der Waals surface area (Å²) in [5.41, 5.74) is 9.39. The number of nitrogens with two attached hydrogens (primary N) is 1. The van der Waals surface area contributed by atoms with Crippen molar-refractivity contribution in [3.8, 4) is 0 Å². The second-order valence-corrected chi connectivity index (χ2v) is 5.36. The number of hydrogen-bond donors (Lipinski definition) is 1. The van der Waals surface area contributed by atoms with E-state index >= 15 is 0 Å². The monoisotopic (exact) mass is 234 g/mol. The third-order valence-corrected chi connectivity index (χ3v) is 4.20. The number of fused-ring (bicyclic) bond motifs is 1. The highest BCUT2D eigenvalue weighted by atomic mass is 32.1. The van der Waals surface area contributed by atoms with Crippen molar-refractivity contribution in [2.24, 2.45) is 7.05 Å². The van der Waals surface area contributed by atoms with E-state index in [4.69, 9.17) is 5.73 Å². The van der Waals surface area contributed by atoms with E-state index in [0.717, 1.165) is 18.5 Å². The molecule has 1 aliphatic rings. The number of anilines is 1. The van der Waals surface area contributed by atoms with E-state index in [1.54, 1.807) is 11.3 Å². The van der Waals surface area contributed by atoms with Crippen molar-refractivity contribution in [2.75, 3.05) is 5.73 Å². The third kappa shape index (κ3) is 1.35. The van der Waals surface area contributed by atoms with Crippen molar-refractivity contribution < 1.29 is 0 Å². The first-order valence-electron chi connectivity index (χ1n) is 5.40. The molecule has 5 heteroatoms. The van der Waals surface area contributed by atoms with Gasteiger partial charge >= 0.3 is 0 Å². The molecule has 0 aliphatic heterocycles. The van der Waals surface area contributed by atoms with Crippen LogP contribution in [0, 0.1) is 6.92 Å². The average molecular weight is 234 g/mol. The van der Waals surface area contributed by atoms with Gasteiger partial charge in [-0.2, -0.15) is 5.10 Å². The molecule has 2 N–H and O–H groups in total. The lowest BCUT2D eigenvalue weighted by Gasteiger charge is -2.07. The predicted octanol–water partition coefficient (Wildman–Crippen LogP) is 1.85. The van der Waals surface area contributed by atoms with E-state index in [-0.39, 0.29) is 0 Å². The molecule has 84 valence electrons. The number of aromatic nitrogens is 3. The minimum Gasteiger partial charge on any atom is -0.375 e. The van der Waals surface area contributed by atoms with Gasteiger partial charge in [0.25, 0.3) is 0 Å². The molecule has 2 aromatic heterocycles. The van der Waals surface area contributed by atoms with Gasteiger partial charge in [-0.25, -0.2) is 4.98 Å². The maximum absolute atomic E-state index is 5.76. The fourth-order valence-corrected chi connectivity index (χ4v) is 3.54. The lowest BCUT2D eigenvalue weighted by molar-refractivity contribution is 0.755. The van der Waals surface area contributed by atoms with Crippen molar-refractivity contribution >= 4 is 16.5 Å². The molecule has 1 unspecified atom stereocenters. The van der Waals surface area contributed by atoms with Gasteiger partial charge in [-0.3, -0.25) is 4.68 Å². The Morgan fingerprint density at radius 3 is 3.06 bits per heavy atom. The zero-order valence-electron chi connectivity index (χ0n) is 9.40. The van der Waals surface area contributed by atoms with Crippen molar-refractivity contribution in [3.05, 3.63) is 28.0 Å². The largest absolute Gasteiger partial charge is 0.375 e. The van der Waals surface area contributed by atoms with Gasteiger partial charge in [0, 0.05) is 29.6 Å². The fourth-order valence-electron chi connectivity index (χ4n) is 2.50. The molecule has 3 rings (SSSR count). The Balaban J connectivity index is 2.06. The molecule has 4 nitrogen and oxygen atoms in total. The molecule has 0 aromatic carbocycles. The quantitative estimate of drug-likeness (QED) is 0.819. The van der Waals surface area contributed by atoms with Gasteiger partial charge in [-0.15, -0.1) is 11.3 Å². The number of rotatable bonds is 1. The van der Waals surface area contributed by atoms with Crippen molar-refractivity contribution in [3.63, 3.8) is 0 Å². The molecule has 0 radical (unpaired) electrons. The second-order valence-electron chi connectivity index (χ2n) is 4.30. The molecule has 2 aromatic rings. The van der Waals surface area contributed by atoms with Gasteiger partial charge in [-0.1, -0.05) is 0 Å². The van der Waals surface area contributed by atoms with E-state index in [9.17, 15) is 0 Å². The van der Waals surface area contributed by atoms with Crippen LogP contribution in [0.15, 0.2) is 6.20 Å². The predicted molar refractivity (Wildman–Crippen MR) is 64.6 cm³/mol. The summed E-state index contributed by atoms with van der Waals surface area (Å²) in [7, 11) is 1.97. The number of hydrogen-bond acceptors (Lipinski definition) is 4. The summed E-state index contributed by atoms with van der Waals surface area (Å²) in [6, 6.07) is 0. The highest BCUT2D eigenvalue weighted by Gasteiger charge is 2.29. The summed E-state index contributed by atoms with van der Waals surface area (Å²) in [4.78, 5) is 5.71. The van der Waals surface area contributed by atoms with Gasteiger partial charge in [0.2, 0.25) is 0 Å². The first-order chi connectivity index (χ1) is 7.65. The van der Waals surface area contributed by atoms with Crippen LogP contribution in [-0.4, -0.2) is 14.8 Å². The van der Waals surface area contributed by atoms with Crippen molar-refractivity contribution in [1.29, 1.82) is 0 Å². The van der Waals surface area contributed by atoms with E-state index in [2.05, 4.69) is 23.2 Å². The standard InChI is InChI=1S/C11H14N4S/c1-6-8(5-15(2)14-6)7-3-4-9-10(7)16-11(12)13-9/h5,7H,3-4H2,1-2H3,(H2,12,13). The summed E-state index contributed by atoms with van der Waals surface area (Å²) in [5.74, 6) is 0.457. The zero-order chi connectivity index (χ0) is 11.3. The molecule has 0 saturated carbocycles. The highest BCUT2D eigenvalue weighted by molar-refractivity contribution is 7.15. The fraction of sp³-hybridized carbons (Fsp3) is 0.455. The first-order valence-corrected chi connectivity index (χ1v) is 6.22. The molecule has 16 heavy (non-hydrogen) atoms. The highest BCUT2D eigenvalue weighted by Crippen LogP contribution is 2.42. The maximum Gasteiger partial charge on any atom is 0.180 e. The van der Waals surface area contributed by atoms with Gasteiger partial charge < -0.3 is 5.73 Å². The number of nitrogens with zero attached hydrogens (tertiary/aromatic N) is 3. The average Bonchev–Trinajstić information content (AvgIpc) is 2.80. The number of thiazole rings is 1. The Morgan fingerprint density at radius 2 is 2.38 bits per heavy atom. The lowest BCUT2D eigenvalue weighted by atomic mass is 9.99. The van der Waals surface area contributed by atoms with Crippen LogP contribution in [0.5, 0.6) is 0 Å². The van der Waals surface area contributed by atoms with Crippen LogP contribution in [0.3, 0.4) is 0 Å². The van der Waals surface area contributed by atoms with Gasteiger partial charge in [-0.05, 0) is 19.8 Å². The summed E-state index contributed by atoms with van der Waals surface area (Å²) in [5, 5.41) is 5.10. The molecule has 2 heterocycles. The van der Waals surface area contributed by atoms with Crippen LogP contribution in [0.2, 0.25) is 0 Å². The normalized spacial score (nSPS) is 19.0. The smallest absolute Gasteiger partial charge is 0.180 e. The molecule has 0 amide bonds.